The first-order chi connectivity index (χ1) is 6.68. The van der Waals surface area contributed by atoms with Crippen molar-refractivity contribution in [1.29, 1.82) is 0 Å². The molecular formula is C12H16O2. The summed E-state index contributed by atoms with van der Waals surface area (Å²) in [7, 11) is 0. The topological polar surface area (TPSA) is 18.5 Å². The molecule has 14 heavy (non-hydrogen) atoms. The van der Waals surface area contributed by atoms with E-state index in [9.17, 15) is 0 Å². The Hall–Kier alpha value is -1.18. The second kappa shape index (κ2) is 3.52. The molecule has 1 aliphatic heterocycles. The normalized spacial score (nSPS) is 14.6. The van der Waals surface area contributed by atoms with E-state index in [1.54, 1.807) is 0 Å². The van der Waals surface area contributed by atoms with Gasteiger partial charge in [0, 0.05) is 0 Å². The third kappa shape index (κ3) is 1.57. The van der Waals surface area contributed by atoms with E-state index < -0.39 is 0 Å². The summed E-state index contributed by atoms with van der Waals surface area (Å²) in [5.41, 5.74) is 2.62. The van der Waals surface area contributed by atoms with Crippen molar-refractivity contribution in [1.82, 2.24) is 0 Å². The Bertz CT molecular complexity index is 342. The number of benzene rings is 1. The van der Waals surface area contributed by atoms with Crippen LogP contribution >= 0.6 is 0 Å². The molecule has 0 bridgehead atoms. The van der Waals surface area contributed by atoms with Crippen LogP contribution in [0.25, 0.3) is 0 Å². The van der Waals surface area contributed by atoms with E-state index in [1.165, 1.54) is 11.1 Å². The molecule has 0 radical (unpaired) electrons. The molecule has 2 nitrogen and oxygen atoms in total. The monoisotopic (exact) mass is 192 g/mol. The highest BCUT2D eigenvalue weighted by Gasteiger charge is 2.15. The summed E-state index contributed by atoms with van der Waals surface area (Å²) in [6, 6.07) is 4.18. The van der Waals surface area contributed by atoms with Gasteiger partial charge in [0.05, 0.1) is 0 Å². The van der Waals surface area contributed by atoms with Crippen LogP contribution in [-0.2, 0) is 0 Å². The molecule has 0 unspecified atom stereocenters. The molecule has 1 aromatic rings. The number of hydrogen-bond donors (Lipinski definition) is 0. The van der Waals surface area contributed by atoms with Gasteiger partial charge in [0.1, 0.15) is 13.2 Å². The summed E-state index contributed by atoms with van der Waals surface area (Å²) in [6.45, 7) is 7.82. The molecule has 0 fully saturated rings. The van der Waals surface area contributed by atoms with Crippen molar-refractivity contribution in [2.24, 2.45) is 0 Å². The van der Waals surface area contributed by atoms with E-state index in [-0.39, 0.29) is 0 Å². The average Bonchev–Trinajstić information content (AvgIpc) is 2.16. The average molecular weight is 192 g/mol. The molecule has 0 N–H and O–H groups in total. The van der Waals surface area contributed by atoms with E-state index in [0.29, 0.717) is 19.1 Å². The lowest BCUT2D eigenvalue weighted by Gasteiger charge is -2.21. The zero-order valence-corrected chi connectivity index (χ0v) is 8.96. The van der Waals surface area contributed by atoms with Crippen LogP contribution in [-0.4, -0.2) is 13.2 Å². The fourth-order valence-electron chi connectivity index (χ4n) is 1.83. The molecule has 0 atom stereocenters. The third-order valence-electron chi connectivity index (χ3n) is 2.55. The maximum absolute atomic E-state index is 5.54. The largest absolute Gasteiger partial charge is 0.486 e. The quantitative estimate of drug-likeness (QED) is 0.681. The molecule has 2 heteroatoms. The van der Waals surface area contributed by atoms with Crippen molar-refractivity contribution >= 4 is 0 Å². The Morgan fingerprint density at radius 3 is 2.21 bits per heavy atom. The molecule has 0 aromatic heterocycles. The summed E-state index contributed by atoms with van der Waals surface area (Å²) in [5, 5.41) is 0. The van der Waals surface area contributed by atoms with Crippen LogP contribution in [0.15, 0.2) is 12.1 Å². The van der Waals surface area contributed by atoms with Gasteiger partial charge in [0.2, 0.25) is 0 Å². The Balaban J connectivity index is 2.45. The van der Waals surface area contributed by atoms with E-state index in [0.717, 1.165) is 11.5 Å². The van der Waals surface area contributed by atoms with Crippen molar-refractivity contribution in [3.8, 4) is 11.5 Å². The van der Waals surface area contributed by atoms with Crippen LogP contribution in [0.3, 0.4) is 0 Å². The molecule has 76 valence electrons. The lowest BCUT2D eigenvalue weighted by Crippen LogP contribution is -2.15. The lowest BCUT2D eigenvalue weighted by molar-refractivity contribution is 0.171. The molecule has 0 saturated carbocycles. The van der Waals surface area contributed by atoms with Crippen molar-refractivity contribution < 1.29 is 9.47 Å². The summed E-state index contributed by atoms with van der Waals surface area (Å²) in [5.74, 6) is 2.31. The van der Waals surface area contributed by atoms with Crippen molar-refractivity contribution in [3.63, 3.8) is 0 Å². The van der Waals surface area contributed by atoms with E-state index in [4.69, 9.17) is 9.47 Å². The fourth-order valence-corrected chi connectivity index (χ4v) is 1.83. The van der Waals surface area contributed by atoms with Crippen molar-refractivity contribution in [2.75, 3.05) is 13.2 Å². The molecule has 1 heterocycles. The molecule has 0 spiro atoms. The van der Waals surface area contributed by atoms with Crippen molar-refractivity contribution in [2.45, 2.75) is 26.7 Å². The van der Waals surface area contributed by atoms with Gasteiger partial charge in [-0.1, -0.05) is 13.8 Å². The first-order valence-corrected chi connectivity index (χ1v) is 5.08. The van der Waals surface area contributed by atoms with Gasteiger partial charge in [0.15, 0.2) is 11.5 Å². The van der Waals surface area contributed by atoms with Crippen LogP contribution in [0, 0.1) is 6.92 Å². The van der Waals surface area contributed by atoms with Gasteiger partial charge in [-0.2, -0.15) is 0 Å². The highest BCUT2D eigenvalue weighted by Crippen LogP contribution is 2.35. The maximum atomic E-state index is 5.54. The predicted molar refractivity (Wildman–Crippen MR) is 56.3 cm³/mol. The van der Waals surface area contributed by atoms with Gasteiger partial charge in [-0.25, -0.2) is 0 Å². The summed E-state index contributed by atoms with van der Waals surface area (Å²) in [6.07, 6.45) is 0. The summed E-state index contributed by atoms with van der Waals surface area (Å²) >= 11 is 0. The Kier molecular flexibility index (Phi) is 2.36. The van der Waals surface area contributed by atoms with Gasteiger partial charge in [-0.15, -0.1) is 0 Å². The standard InChI is InChI=1S/C12H16O2/c1-8(2)10-7-12-11(6-9(10)3)13-4-5-14-12/h6-8H,4-5H2,1-3H3. The third-order valence-corrected chi connectivity index (χ3v) is 2.55. The molecule has 0 aliphatic carbocycles. The Morgan fingerprint density at radius 2 is 1.64 bits per heavy atom. The molecule has 2 rings (SSSR count). The lowest BCUT2D eigenvalue weighted by atomic mass is 9.97. The van der Waals surface area contributed by atoms with Crippen LogP contribution in [0.4, 0.5) is 0 Å². The number of ether oxygens (including phenoxy) is 2. The van der Waals surface area contributed by atoms with E-state index >= 15 is 0 Å². The minimum absolute atomic E-state index is 0.533. The highest BCUT2D eigenvalue weighted by atomic mass is 16.6. The molecule has 1 aliphatic rings. The zero-order valence-electron chi connectivity index (χ0n) is 8.96. The summed E-state index contributed by atoms with van der Waals surface area (Å²) in [4.78, 5) is 0. The Labute approximate surface area is 84.8 Å². The molecular weight excluding hydrogens is 176 g/mol. The van der Waals surface area contributed by atoms with Gasteiger partial charge in [-0.05, 0) is 36.1 Å². The maximum Gasteiger partial charge on any atom is 0.161 e. The minimum Gasteiger partial charge on any atom is -0.486 e. The van der Waals surface area contributed by atoms with Crippen LogP contribution in [0.1, 0.15) is 30.9 Å². The number of hydrogen-bond acceptors (Lipinski definition) is 2. The smallest absolute Gasteiger partial charge is 0.161 e. The van der Waals surface area contributed by atoms with Gasteiger partial charge >= 0.3 is 0 Å². The number of rotatable bonds is 1. The van der Waals surface area contributed by atoms with Crippen molar-refractivity contribution in [3.05, 3.63) is 23.3 Å². The second-order valence-corrected chi connectivity index (χ2v) is 4.01. The first-order valence-electron chi connectivity index (χ1n) is 5.08. The SMILES string of the molecule is Cc1cc2c(cc1C(C)C)OCCO2. The van der Waals surface area contributed by atoms with Gasteiger partial charge in [0.25, 0.3) is 0 Å². The number of fused-ring (bicyclic) bond motifs is 1. The fraction of sp³-hybridized carbons (Fsp3) is 0.500. The van der Waals surface area contributed by atoms with Gasteiger partial charge < -0.3 is 9.47 Å². The van der Waals surface area contributed by atoms with Crippen LogP contribution in [0.2, 0.25) is 0 Å². The van der Waals surface area contributed by atoms with Gasteiger partial charge in [-0.3, -0.25) is 0 Å². The molecule has 0 amide bonds. The summed E-state index contributed by atoms with van der Waals surface area (Å²) < 4.78 is 11.1. The zero-order chi connectivity index (χ0) is 10.1. The van der Waals surface area contributed by atoms with E-state index in [1.807, 2.05) is 0 Å². The highest BCUT2D eigenvalue weighted by molar-refractivity contribution is 5.48. The second-order valence-electron chi connectivity index (χ2n) is 4.01. The molecule has 0 saturated heterocycles. The van der Waals surface area contributed by atoms with E-state index in [2.05, 4.69) is 32.9 Å². The van der Waals surface area contributed by atoms with Crippen LogP contribution < -0.4 is 9.47 Å². The predicted octanol–water partition coefficient (Wildman–Crippen LogP) is 2.89. The van der Waals surface area contributed by atoms with Crippen LogP contribution in [0.5, 0.6) is 11.5 Å². The first kappa shape index (κ1) is 9.38. The Morgan fingerprint density at radius 1 is 1.07 bits per heavy atom. The molecule has 1 aromatic carbocycles. The number of aryl methyl sites for hydroxylation is 1. The minimum atomic E-state index is 0.533.